The van der Waals surface area contributed by atoms with Crippen LogP contribution < -0.4 is 20.1 Å². The molecule has 0 unspecified atom stereocenters. The van der Waals surface area contributed by atoms with Crippen LogP contribution in [0.1, 0.15) is 25.5 Å². The van der Waals surface area contributed by atoms with Gasteiger partial charge in [0.05, 0.1) is 19.7 Å². The number of aromatic nitrogens is 1. The third-order valence-corrected chi connectivity index (χ3v) is 4.51. The SMILES string of the molecule is CCCNC(=NCC(=O)N(C)C)NCCCc1cc2c(OC)cc(OC)cc2[nH]1.I. The van der Waals surface area contributed by atoms with Crippen LogP contribution in [0.4, 0.5) is 0 Å². The molecule has 1 aromatic carbocycles. The van der Waals surface area contributed by atoms with E-state index in [2.05, 4.69) is 33.6 Å². The van der Waals surface area contributed by atoms with Gasteiger partial charge in [-0.3, -0.25) is 4.79 Å². The van der Waals surface area contributed by atoms with Gasteiger partial charge in [-0.05, 0) is 25.3 Å². The number of ether oxygens (including phenoxy) is 2. The number of rotatable bonds is 10. The Morgan fingerprint density at radius 3 is 2.50 bits per heavy atom. The Morgan fingerprint density at radius 2 is 1.87 bits per heavy atom. The Morgan fingerprint density at radius 1 is 1.13 bits per heavy atom. The van der Waals surface area contributed by atoms with Gasteiger partial charge < -0.3 is 30.0 Å². The van der Waals surface area contributed by atoms with Gasteiger partial charge in [-0.1, -0.05) is 6.92 Å². The van der Waals surface area contributed by atoms with Crippen LogP contribution in [0.5, 0.6) is 11.5 Å². The first kappa shape index (κ1) is 25.9. The van der Waals surface area contributed by atoms with E-state index in [-0.39, 0.29) is 36.4 Å². The minimum absolute atomic E-state index is 0. The monoisotopic (exact) mass is 531 g/mol. The number of carbonyl (C=O) groups excluding carboxylic acids is 1. The van der Waals surface area contributed by atoms with Gasteiger partial charge in [-0.2, -0.15) is 0 Å². The lowest BCUT2D eigenvalue weighted by atomic mass is 10.2. The van der Waals surface area contributed by atoms with E-state index >= 15 is 0 Å². The molecule has 0 aliphatic heterocycles. The van der Waals surface area contributed by atoms with Crippen molar-refractivity contribution in [2.45, 2.75) is 26.2 Å². The van der Waals surface area contributed by atoms with Crippen LogP contribution >= 0.6 is 24.0 Å². The Hall–Kier alpha value is -2.17. The third-order valence-electron chi connectivity index (χ3n) is 4.51. The normalized spacial score (nSPS) is 11.0. The van der Waals surface area contributed by atoms with E-state index in [4.69, 9.17) is 9.47 Å². The summed E-state index contributed by atoms with van der Waals surface area (Å²) in [6.45, 7) is 3.79. The van der Waals surface area contributed by atoms with Gasteiger partial charge in [0.2, 0.25) is 5.91 Å². The molecule has 1 aromatic heterocycles. The van der Waals surface area contributed by atoms with E-state index in [1.165, 1.54) is 0 Å². The molecule has 168 valence electrons. The number of carbonyl (C=O) groups is 1. The lowest BCUT2D eigenvalue weighted by Gasteiger charge is -2.13. The number of aromatic amines is 1. The highest BCUT2D eigenvalue weighted by atomic mass is 127. The highest BCUT2D eigenvalue weighted by Crippen LogP contribution is 2.31. The number of methoxy groups -OCH3 is 2. The van der Waals surface area contributed by atoms with E-state index < -0.39 is 0 Å². The average molecular weight is 531 g/mol. The number of H-pyrrole nitrogens is 1. The van der Waals surface area contributed by atoms with Crippen molar-refractivity contribution >= 4 is 46.7 Å². The number of aliphatic imine (C=N–C) groups is 1. The van der Waals surface area contributed by atoms with Gasteiger partial charge in [-0.15, -0.1) is 24.0 Å². The van der Waals surface area contributed by atoms with Crippen molar-refractivity contribution in [3.8, 4) is 11.5 Å². The van der Waals surface area contributed by atoms with Gasteiger partial charge >= 0.3 is 0 Å². The third kappa shape index (κ3) is 7.58. The molecule has 0 aliphatic carbocycles. The first-order valence-corrected chi connectivity index (χ1v) is 9.94. The number of guanidine groups is 1. The second kappa shape index (κ2) is 13.2. The molecule has 0 bridgehead atoms. The molecule has 1 amide bonds. The predicted octanol–water partition coefficient (Wildman–Crippen LogP) is 2.77. The van der Waals surface area contributed by atoms with Crippen LogP contribution in [0.3, 0.4) is 0 Å². The van der Waals surface area contributed by atoms with Crippen LogP contribution in [0.2, 0.25) is 0 Å². The zero-order valence-corrected chi connectivity index (χ0v) is 20.8. The molecule has 30 heavy (non-hydrogen) atoms. The summed E-state index contributed by atoms with van der Waals surface area (Å²) < 4.78 is 10.8. The van der Waals surface area contributed by atoms with Crippen LogP contribution in [0.25, 0.3) is 10.9 Å². The second-order valence-electron chi connectivity index (χ2n) is 7.00. The van der Waals surface area contributed by atoms with E-state index in [1.54, 1.807) is 33.2 Å². The zero-order chi connectivity index (χ0) is 21.2. The van der Waals surface area contributed by atoms with Gasteiger partial charge in [0.15, 0.2) is 5.96 Å². The molecule has 2 rings (SSSR count). The summed E-state index contributed by atoms with van der Waals surface area (Å²) in [5, 5.41) is 7.59. The van der Waals surface area contributed by atoms with Gasteiger partial charge in [0.1, 0.15) is 18.0 Å². The lowest BCUT2D eigenvalue weighted by molar-refractivity contribution is -0.127. The molecular formula is C21H34IN5O3. The number of hydrogen-bond acceptors (Lipinski definition) is 4. The summed E-state index contributed by atoms with van der Waals surface area (Å²) in [6, 6.07) is 5.98. The molecule has 0 radical (unpaired) electrons. The van der Waals surface area contributed by atoms with Crippen molar-refractivity contribution in [1.29, 1.82) is 0 Å². The maximum atomic E-state index is 11.8. The molecule has 8 nitrogen and oxygen atoms in total. The van der Waals surface area contributed by atoms with Crippen LogP contribution in [-0.4, -0.2) is 69.7 Å². The Labute approximate surface area is 195 Å². The topological polar surface area (TPSA) is 91.0 Å². The van der Waals surface area contributed by atoms with E-state index in [1.807, 2.05) is 12.1 Å². The van der Waals surface area contributed by atoms with Crippen molar-refractivity contribution < 1.29 is 14.3 Å². The first-order valence-electron chi connectivity index (χ1n) is 9.94. The average Bonchev–Trinajstić information content (AvgIpc) is 3.13. The Bertz CT molecular complexity index is 835. The van der Waals surface area contributed by atoms with Crippen LogP contribution in [0.15, 0.2) is 23.2 Å². The number of likely N-dealkylation sites (N-methyl/N-ethyl adjacent to an activating group) is 1. The molecule has 2 aromatic rings. The molecule has 3 N–H and O–H groups in total. The molecule has 0 fully saturated rings. The summed E-state index contributed by atoms with van der Waals surface area (Å²) in [5.74, 6) is 2.21. The first-order chi connectivity index (χ1) is 14.0. The zero-order valence-electron chi connectivity index (χ0n) is 18.5. The quantitative estimate of drug-likeness (QED) is 0.190. The van der Waals surface area contributed by atoms with Crippen molar-refractivity contribution in [2.75, 3.05) is 47.9 Å². The van der Waals surface area contributed by atoms with E-state index in [0.29, 0.717) is 5.96 Å². The van der Waals surface area contributed by atoms with Gasteiger partial charge in [0.25, 0.3) is 0 Å². The maximum absolute atomic E-state index is 11.8. The van der Waals surface area contributed by atoms with Crippen LogP contribution in [-0.2, 0) is 11.2 Å². The lowest BCUT2D eigenvalue weighted by Crippen LogP contribution is -2.39. The standard InChI is InChI=1S/C21H33N5O3.HI/c1-6-9-22-21(24-14-20(27)26(2)3)23-10-7-8-15-11-17-18(25-15)12-16(28-4)13-19(17)29-5;/h11-13,25H,6-10,14H2,1-5H3,(H2,22,23,24);1H. The maximum Gasteiger partial charge on any atom is 0.243 e. The van der Waals surface area contributed by atoms with Gasteiger partial charge in [-0.25, -0.2) is 4.99 Å². The molecule has 0 spiro atoms. The summed E-state index contributed by atoms with van der Waals surface area (Å²) >= 11 is 0. The summed E-state index contributed by atoms with van der Waals surface area (Å²) in [5.41, 5.74) is 2.13. The smallest absolute Gasteiger partial charge is 0.243 e. The number of hydrogen-bond donors (Lipinski definition) is 3. The second-order valence-corrected chi connectivity index (χ2v) is 7.00. The molecule has 1 heterocycles. The van der Waals surface area contributed by atoms with Crippen molar-refractivity contribution in [2.24, 2.45) is 4.99 Å². The fraction of sp³-hybridized carbons (Fsp3) is 0.524. The molecular weight excluding hydrogens is 497 g/mol. The van der Waals surface area contributed by atoms with E-state index in [9.17, 15) is 4.79 Å². The highest BCUT2D eigenvalue weighted by molar-refractivity contribution is 14.0. The minimum atomic E-state index is -0.0231. The van der Waals surface area contributed by atoms with E-state index in [0.717, 1.165) is 60.4 Å². The summed E-state index contributed by atoms with van der Waals surface area (Å²) in [6.07, 6.45) is 2.79. The van der Waals surface area contributed by atoms with Crippen LogP contribution in [0, 0.1) is 0 Å². The fourth-order valence-electron chi connectivity index (χ4n) is 2.85. The number of amides is 1. The number of halogens is 1. The molecule has 0 atom stereocenters. The highest BCUT2D eigenvalue weighted by Gasteiger charge is 2.09. The molecule has 9 heteroatoms. The fourth-order valence-corrected chi connectivity index (χ4v) is 2.85. The van der Waals surface area contributed by atoms with Gasteiger partial charge in [0, 0.05) is 50.4 Å². The molecule has 0 saturated carbocycles. The molecule has 0 aliphatic rings. The largest absolute Gasteiger partial charge is 0.497 e. The number of fused-ring (bicyclic) bond motifs is 1. The van der Waals surface area contributed by atoms with Crippen molar-refractivity contribution in [3.63, 3.8) is 0 Å². The summed E-state index contributed by atoms with van der Waals surface area (Å²) in [7, 11) is 6.77. The Kier molecular flexibility index (Phi) is 11.4. The number of nitrogens with zero attached hydrogens (tertiary/aromatic N) is 2. The molecule has 0 saturated heterocycles. The van der Waals surface area contributed by atoms with Crippen molar-refractivity contribution in [1.82, 2.24) is 20.5 Å². The number of benzene rings is 1. The van der Waals surface area contributed by atoms with Crippen molar-refractivity contribution in [3.05, 3.63) is 23.9 Å². The number of aryl methyl sites for hydroxylation is 1. The predicted molar refractivity (Wildman–Crippen MR) is 132 cm³/mol. The minimum Gasteiger partial charge on any atom is -0.497 e. The Balaban J connectivity index is 0.00000450. The summed E-state index contributed by atoms with van der Waals surface area (Å²) in [4.78, 5) is 21.1. The number of nitrogens with one attached hydrogen (secondary N) is 3.